The van der Waals surface area contributed by atoms with Gasteiger partial charge in [0.15, 0.2) is 0 Å². The third-order valence-corrected chi connectivity index (χ3v) is 4.55. The lowest BCUT2D eigenvalue weighted by atomic mass is 9.80. The highest BCUT2D eigenvalue weighted by atomic mass is 15.2. The fraction of sp³-hybridized carbons (Fsp3) is 0.923. The molecule has 0 heterocycles. The Labute approximate surface area is 98.6 Å². The maximum Gasteiger partial charge on any atom is 0.104 e. The van der Waals surface area contributed by atoms with Crippen LogP contribution in [0.2, 0.25) is 0 Å². The normalized spacial score (nSPS) is 36.5. The Kier molecular flexibility index (Phi) is 3.51. The first-order valence-electron chi connectivity index (χ1n) is 6.57. The standard InChI is InChI=1S/C13H23N3/c1-16(11-4-2-3-5-11)12-6-8-13(15,10-14)9-7-12/h11-12H,2-9,15H2,1H3. The van der Waals surface area contributed by atoms with E-state index in [1.54, 1.807) is 0 Å². The smallest absolute Gasteiger partial charge is 0.104 e. The molecule has 2 rings (SSSR count). The van der Waals surface area contributed by atoms with Gasteiger partial charge in [0, 0.05) is 12.1 Å². The minimum atomic E-state index is -0.535. The topological polar surface area (TPSA) is 53.0 Å². The van der Waals surface area contributed by atoms with Crippen molar-refractivity contribution in [1.29, 1.82) is 5.26 Å². The van der Waals surface area contributed by atoms with Crippen LogP contribution in [0.5, 0.6) is 0 Å². The van der Waals surface area contributed by atoms with Gasteiger partial charge in [0.25, 0.3) is 0 Å². The second-order valence-electron chi connectivity index (χ2n) is 5.60. The Morgan fingerprint density at radius 3 is 2.12 bits per heavy atom. The minimum Gasteiger partial charge on any atom is -0.313 e. The maximum absolute atomic E-state index is 9.00. The van der Waals surface area contributed by atoms with E-state index in [0.717, 1.165) is 31.7 Å². The van der Waals surface area contributed by atoms with Crippen molar-refractivity contribution in [3.63, 3.8) is 0 Å². The van der Waals surface area contributed by atoms with E-state index < -0.39 is 5.54 Å². The third kappa shape index (κ3) is 2.39. The molecule has 2 aliphatic rings. The monoisotopic (exact) mass is 221 g/mol. The average molecular weight is 221 g/mol. The highest BCUT2D eigenvalue weighted by Crippen LogP contribution is 2.32. The number of nitrogens with zero attached hydrogens (tertiary/aromatic N) is 2. The minimum absolute atomic E-state index is 0.535. The van der Waals surface area contributed by atoms with Crippen molar-refractivity contribution in [3.05, 3.63) is 0 Å². The second-order valence-corrected chi connectivity index (χ2v) is 5.60. The molecule has 3 heteroatoms. The number of nitriles is 1. The molecule has 2 aliphatic carbocycles. The zero-order valence-corrected chi connectivity index (χ0v) is 10.3. The van der Waals surface area contributed by atoms with Crippen LogP contribution in [0, 0.1) is 11.3 Å². The highest BCUT2D eigenvalue weighted by molar-refractivity contribution is 5.08. The molecule has 0 spiro atoms. The molecular formula is C13H23N3. The Morgan fingerprint density at radius 2 is 1.62 bits per heavy atom. The lowest BCUT2D eigenvalue weighted by molar-refractivity contribution is 0.124. The van der Waals surface area contributed by atoms with Gasteiger partial charge < -0.3 is 10.6 Å². The summed E-state index contributed by atoms with van der Waals surface area (Å²) in [6.07, 6.45) is 9.42. The molecule has 0 unspecified atom stereocenters. The summed E-state index contributed by atoms with van der Waals surface area (Å²) in [4.78, 5) is 2.56. The molecule has 0 aromatic carbocycles. The third-order valence-electron chi connectivity index (χ3n) is 4.55. The van der Waals surface area contributed by atoms with Crippen molar-refractivity contribution in [2.45, 2.75) is 69.0 Å². The molecule has 0 amide bonds. The summed E-state index contributed by atoms with van der Waals surface area (Å²) in [5, 5.41) is 9.00. The Hall–Kier alpha value is -0.590. The molecule has 0 aliphatic heterocycles. The molecule has 0 bridgehead atoms. The summed E-state index contributed by atoms with van der Waals surface area (Å²) in [6, 6.07) is 3.72. The summed E-state index contributed by atoms with van der Waals surface area (Å²) in [6.45, 7) is 0. The molecule has 0 atom stereocenters. The van der Waals surface area contributed by atoms with Crippen LogP contribution in [-0.2, 0) is 0 Å². The second kappa shape index (κ2) is 4.73. The van der Waals surface area contributed by atoms with Gasteiger partial charge in [0.2, 0.25) is 0 Å². The van der Waals surface area contributed by atoms with Crippen LogP contribution >= 0.6 is 0 Å². The molecule has 2 N–H and O–H groups in total. The molecule has 2 fully saturated rings. The fourth-order valence-electron chi connectivity index (χ4n) is 3.25. The fourth-order valence-corrected chi connectivity index (χ4v) is 3.25. The lowest BCUT2D eigenvalue weighted by Gasteiger charge is -2.39. The molecule has 90 valence electrons. The SMILES string of the molecule is CN(C1CCCC1)C1CCC(N)(C#N)CC1. The molecule has 0 aromatic rings. The van der Waals surface area contributed by atoms with E-state index in [9.17, 15) is 0 Å². The van der Waals surface area contributed by atoms with Gasteiger partial charge in [-0.1, -0.05) is 12.8 Å². The maximum atomic E-state index is 9.00. The average Bonchev–Trinajstić information content (AvgIpc) is 2.83. The Bertz CT molecular complexity index is 267. The summed E-state index contributed by atoms with van der Waals surface area (Å²) < 4.78 is 0. The van der Waals surface area contributed by atoms with Gasteiger partial charge in [-0.05, 0) is 45.6 Å². The summed E-state index contributed by atoms with van der Waals surface area (Å²) in [5.41, 5.74) is 5.46. The van der Waals surface area contributed by atoms with Gasteiger partial charge in [-0.3, -0.25) is 0 Å². The lowest BCUT2D eigenvalue weighted by Crippen LogP contribution is -2.48. The van der Waals surface area contributed by atoms with Crippen LogP contribution in [0.15, 0.2) is 0 Å². The van der Waals surface area contributed by atoms with E-state index in [2.05, 4.69) is 18.0 Å². The first-order valence-corrected chi connectivity index (χ1v) is 6.57. The van der Waals surface area contributed by atoms with Gasteiger partial charge in [-0.25, -0.2) is 0 Å². The Morgan fingerprint density at radius 1 is 1.12 bits per heavy atom. The van der Waals surface area contributed by atoms with Crippen LogP contribution in [0.4, 0.5) is 0 Å². The molecule has 2 saturated carbocycles. The number of hydrogen-bond acceptors (Lipinski definition) is 3. The molecule has 0 radical (unpaired) electrons. The molecular weight excluding hydrogens is 198 g/mol. The van der Waals surface area contributed by atoms with Gasteiger partial charge in [-0.15, -0.1) is 0 Å². The first-order chi connectivity index (χ1) is 7.64. The zero-order chi connectivity index (χ0) is 11.6. The zero-order valence-electron chi connectivity index (χ0n) is 10.3. The van der Waals surface area contributed by atoms with Crippen molar-refractivity contribution in [1.82, 2.24) is 4.90 Å². The van der Waals surface area contributed by atoms with Crippen LogP contribution in [0.3, 0.4) is 0 Å². The van der Waals surface area contributed by atoms with E-state index in [1.807, 2.05) is 0 Å². The number of hydrogen-bond donors (Lipinski definition) is 1. The summed E-state index contributed by atoms with van der Waals surface area (Å²) in [7, 11) is 2.26. The molecule has 16 heavy (non-hydrogen) atoms. The number of nitrogens with two attached hydrogens (primary N) is 1. The summed E-state index contributed by atoms with van der Waals surface area (Å²) >= 11 is 0. The largest absolute Gasteiger partial charge is 0.313 e. The van der Waals surface area contributed by atoms with Gasteiger partial charge in [0.05, 0.1) is 6.07 Å². The van der Waals surface area contributed by atoms with Crippen molar-refractivity contribution in [3.8, 4) is 6.07 Å². The van der Waals surface area contributed by atoms with Gasteiger partial charge in [-0.2, -0.15) is 5.26 Å². The van der Waals surface area contributed by atoms with E-state index in [-0.39, 0.29) is 0 Å². The summed E-state index contributed by atoms with van der Waals surface area (Å²) in [5.74, 6) is 0. The van der Waals surface area contributed by atoms with Crippen molar-refractivity contribution >= 4 is 0 Å². The van der Waals surface area contributed by atoms with Crippen molar-refractivity contribution in [2.75, 3.05) is 7.05 Å². The Balaban J connectivity index is 1.86. The van der Waals surface area contributed by atoms with Crippen LogP contribution in [0.25, 0.3) is 0 Å². The molecule has 0 saturated heterocycles. The van der Waals surface area contributed by atoms with Crippen molar-refractivity contribution in [2.24, 2.45) is 5.73 Å². The van der Waals surface area contributed by atoms with Crippen molar-refractivity contribution < 1.29 is 0 Å². The predicted octanol–water partition coefficient (Wildman–Crippen LogP) is 2.02. The van der Waals surface area contributed by atoms with Crippen LogP contribution < -0.4 is 5.73 Å². The number of rotatable bonds is 2. The molecule has 3 nitrogen and oxygen atoms in total. The van der Waals surface area contributed by atoms with Crippen LogP contribution in [-0.4, -0.2) is 29.6 Å². The van der Waals surface area contributed by atoms with E-state index in [0.29, 0.717) is 6.04 Å². The quantitative estimate of drug-likeness (QED) is 0.776. The van der Waals surface area contributed by atoms with E-state index >= 15 is 0 Å². The predicted molar refractivity (Wildman–Crippen MR) is 64.8 cm³/mol. The van der Waals surface area contributed by atoms with Gasteiger partial charge in [0.1, 0.15) is 5.54 Å². The van der Waals surface area contributed by atoms with Crippen LogP contribution in [0.1, 0.15) is 51.4 Å². The first kappa shape index (κ1) is 11.9. The van der Waals surface area contributed by atoms with Gasteiger partial charge >= 0.3 is 0 Å². The van der Waals surface area contributed by atoms with E-state index in [4.69, 9.17) is 11.0 Å². The highest BCUT2D eigenvalue weighted by Gasteiger charge is 2.35. The molecule has 0 aromatic heterocycles. The van der Waals surface area contributed by atoms with E-state index in [1.165, 1.54) is 25.7 Å².